The topological polar surface area (TPSA) is 119 Å². The van der Waals surface area contributed by atoms with Gasteiger partial charge >= 0.3 is 40.1 Å². The third kappa shape index (κ3) is 171. The predicted octanol–water partition coefficient (Wildman–Crippen LogP) is -5.06. The van der Waals surface area contributed by atoms with E-state index >= 15 is 0 Å². The molecular weight excluding hydrogens is 188 g/mol. The van der Waals surface area contributed by atoms with Crippen molar-refractivity contribution < 1.29 is 41.7 Å². The van der Waals surface area contributed by atoms with Crippen molar-refractivity contribution in [2.75, 3.05) is 0 Å². The molecule has 0 saturated heterocycles. The van der Waals surface area contributed by atoms with Gasteiger partial charge in [-0.15, -0.1) is 9.05 Å². The molecule has 8 heteroatoms. The third-order valence-electron chi connectivity index (χ3n) is 0. The van der Waals surface area contributed by atoms with Gasteiger partial charge in [0.25, 0.3) is 0 Å². The minimum atomic E-state index is -5.36. The zero-order valence-electron chi connectivity index (χ0n) is 3.68. The van der Waals surface area contributed by atoms with Gasteiger partial charge in [-0.25, -0.2) is 0 Å². The van der Waals surface area contributed by atoms with Gasteiger partial charge in [0, 0.05) is 0 Å². The van der Waals surface area contributed by atoms with E-state index in [1.807, 2.05) is 0 Å². The van der Waals surface area contributed by atoms with E-state index in [-0.39, 0.29) is 45.6 Å². The molecular formula is H2FeMgO5Si. The molecule has 0 amide bonds. The fourth-order valence-corrected chi connectivity index (χ4v) is 0. The number of hydrogen-bond acceptors (Lipinski definition) is 5. The molecule has 5 nitrogen and oxygen atoms in total. The Bertz CT molecular complexity index is 27.9. The molecule has 0 fully saturated rings. The standard InChI is InChI=1S/Fe.Mg.HO4Si.H2O/c;;1-5(2,3)4;/h;;1H;1H2/q2*+2;-3;/p-1. The molecule has 0 radical (unpaired) electrons. The fraction of sp³-hybridized carbons (Fsp3) is 0. The molecule has 0 saturated carbocycles. The molecule has 0 aromatic rings. The van der Waals surface area contributed by atoms with Crippen LogP contribution in [0.15, 0.2) is 0 Å². The van der Waals surface area contributed by atoms with Crippen LogP contribution in [0, 0.1) is 0 Å². The summed E-state index contributed by atoms with van der Waals surface area (Å²) >= 11 is 0. The SMILES string of the molecule is [Fe+2].[Mg+2].[O-][Si]([O-])([O-])O.[OH-]. The second-order valence-electron chi connectivity index (χ2n) is 0.524. The second-order valence-corrected chi connectivity index (χ2v) is 1.57. The minimum Gasteiger partial charge on any atom is -0.870 e. The van der Waals surface area contributed by atoms with Crippen molar-refractivity contribution in [3.63, 3.8) is 0 Å². The zero-order chi connectivity index (χ0) is 4.50. The molecule has 2 N–H and O–H groups in total. The first-order valence-electron chi connectivity index (χ1n) is 0.836. The summed E-state index contributed by atoms with van der Waals surface area (Å²) in [5.41, 5.74) is 0. The van der Waals surface area contributed by atoms with Crippen LogP contribution in [0.4, 0.5) is 0 Å². The van der Waals surface area contributed by atoms with Crippen LogP contribution in [0.2, 0.25) is 0 Å². The van der Waals surface area contributed by atoms with Crippen molar-refractivity contribution in [3.8, 4) is 0 Å². The summed E-state index contributed by atoms with van der Waals surface area (Å²) in [6.45, 7) is 0. The van der Waals surface area contributed by atoms with Gasteiger partial charge in [0.15, 0.2) is 0 Å². The van der Waals surface area contributed by atoms with Gasteiger partial charge in [0.05, 0.1) is 0 Å². The molecule has 0 aromatic carbocycles. The molecule has 46 valence electrons. The van der Waals surface area contributed by atoms with E-state index in [0.29, 0.717) is 0 Å². The molecule has 0 bridgehead atoms. The van der Waals surface area contributed by atoms with Gasteiger partial charge in [-0.3, -0.25) is 0 Å². The Morgan fingerprint density at radius 1 is 1.12 bits per heavy atom. The first kappa shape index (κ1) is 22.8. The van der Waals surface area contributed by atoms with Gasteiger partial charge in [0.2, 0.25) is 0 Å². The summed E-state index contributed by atoms with van der Waals surface area (Å²) in [5, 5.41) is 0. The van der Waals surface area contributed by atoms with E-state index in [1.165, 1.54) is 0 Å². The first-order valence-corrected chi connectivity index (χ1v) is 2.51. The average molecular weight is 190 g/mol. The molecule has 0 unspecified atom stereocenters. The summed E-state index contributed by atoms with van der Waals surface area (Å²) < 4.78 is 0. The summed E-state index contributed by atoms with van der Waals surface area (Å²) in [6, 6.07) is 0. The Labute approximate surface area is 73.8 Å². The average Bonchev–Trinajstić information content (AvgIpc) is 0.722. The molecule has 0 aliphatic carbocycles. The normalized spacial score (nSPS) is 7.50. The minimum absolute atomic E-state index is 0. The summed E-state index contributed by atoms with van der Waals surface area (Å²) in [7, 11) is -5.36. The van der Waals surface area contributed by atoms with E-state index in [1.54, 1.807) is 0 Å². The fourth-order valence-electron chi connectivity index (χ4n) is 0. The quantitative estimate of drug-likeness (QED) is 0.383. The summed E-state index contributed by atoms with van der Waals surface area (Å²) in [6.07, 6.45) is 0. The molecule has 0 aliphatic heterocycles. The van der Waals surface area contributed by atoms with Crippen LogP contribution in [-0.4, -0.2) is 42.4 Å². The second kappa shape index (κ2) is 8.30. The molecule has 0 spiro atoms. The molecule has 0 aliphatic rings. The Hall–Kier alpha value is 1.30. The van der Waals surface area contributed by atoms with E-state index in [9.17, 15) is 0 Å². The first-order chi connectivity index (χ1) is 2.00. The monoisotopic (exact) mass is 190 g/mol. The van der Waals surface area contributed by atoms with Crippen molar-refractivity contribution in [2.45, 2.75) is 0 Å². The van der Waals surface area contributed by atoms with E-state index in [4.69, 9.17) is 19.2 Å². The van der Waals surface area contributed by atoms with Gasteiger partial charge in [-0.1, -0.05) is 0 Å². The predicted molar refractivity (Wildman–Crippen MR) is 15.7 cm³/mol. The van der Waals surface area contributed by atoms with Gasteiger partial charge < -0.3 is 24.7 Å². The van der Waals surface area contributed by atoms with Crippen LogP contribution in [0.5, 0.6) is 0 Å². The summed E-state index contributed by atoms with van der Waals surface area (Å²) in [5.74, 6) is 0. The molecule has 0 atom stereocenters. The van der Waals surface area contributed by atoms with Crippen LogP contribution in [0.3, 0.4) is 0 Å². The molecule has 0 rings (SSSR count). The maximum Gasteiger partial charge on any atom is 2.00 e. The molecule has 0 heterocycles. The van der Waals surface area contributed by atoms with Gasteiger partial charge in [0.1, 0.15) is 0 Å². The Kier molecular flexibility index (Phi) is 23.7. The molecule has 0 aromatic heterocycles. The van der Waals surface area contributed by atoms with Crippen LogP contribution in [-0.2, 0) is 17.1 Å². The van der Waals surface area contributed by atoms with E-state index in [2.05, 4.69) is 0 Å². The van der Waals surface area contributed by atoms with Crippen LogP contribution in [0.25, 0.3) is 0 Å². The number of rotatable bonds is 0. The van der Waals surface area contributed by atoms with E-state index in [0.717, 1.165) is 0 Å². The number of hydrogen-bond donors (Lipinski definition) is 1. The maximum atomic E-state index is 8.69. The van der Waals surface area contributed by atoms with Crippen molar-refractivity contribution in [3.05, 3.63) is 0 Å². The zero-order valence-corrected chi connectivity index (χ0v) is 7.20. The van der Waals surface area contributed by atoms with Gasteiger partial charge in [-0.05, 0) is 0 Å². The third-order valence-corrected chi connectivity index (χ3v) is 0. The molecule has 8 heavy (non-hydrogen) atoms. The largest absolute Gasteiger partial charge is 2.00 e. The van der Waals surface area contributed by atoms with Crippen molar-refractivity contribution in [1.29, 1.82) is 0 Å². The van der Waals surface area contributed by atoms with Crippen LogP contribution in [0.1, 0.15) is 0 Å². The smallest absolute Gasteiger partial charge is 0.870 e. The van der Waals surface area contributed by atoms with Gasteiger partial charge in [-0.2, -0.15) is 0 Å². The Balaban J connectivity index is -0.0000000267. The van der Waals surface area contributed by atoms with Crippen molar-refractivity contribution >= 4 is 32.1 Å². The Morgan fingerprint density at radius 2 is 1.12 bits per heavy atom. The van der Waals surface area contributed by atoms with E-state index < -0.39 is 9.05 Å². The Morgan fingerprint density at radius 3 is 1.12 bits per heavy atom. The maximum absolute atomic E-state index is 8.69. The van der Waals surface area contributed by atoms with Crippen molar-refractivity contribution in [2.24, 2.45) is 0 Å². The van der Waals surface area contributed by atoms with Crippen LogP contribution >= 0.6 is 0 Å². The van der Waals surface area contributed by atoms with Crippen LogP contribution < -0.4 is 14.4 Å². The summed E-state index contributed by atoms with van der Waals surface area (Å²) in [4.78, 5) is 33.1. The van der Waals surface area contributed by atoms with Crippen molar-refractivity contribution in [1.82, 2.24) is 0 Å².